The molecule has 47 heavy (non-hydrogen) atoms. The number of halogens is 9. The van der Waals surface area contributed by atoms with Crippen LogP contribution in [0.4, 0.5) is 50.0 Å². The maximum atomic E-state index is 13.3. The number of nitrogens with one attached hydrogen (secondary N) is 1. The molecule has 5 rings (SSSR count). The van der Waals surface area contributed by atoms with Crippen LogP contribution in [0.25, 0.3) is 6.08 Å². The van der Waals surface area contributed by atoms with Crippen molar-refractivity contribution in [2.24, 2.45) is 0 Å². The number of piperidine rings is 1. The van der Waals surface area contributed by atoms with E-state index in [2.05, 4.69) is 24.7 Å². The van der Waals surface area contributed by atoms with Gasteiger partial charge >= 0.3 is 24.9 Å². The van der Waals surface area contributed by atoms with E-state index < -0.39 is 41.8 Å². The lowest BCUT2D eigenvalue weighted by molar-refractivity contribution is -0.275. The predicted octanol–water partition coefficient (Wildman–Crippen LogP) is 7.67. The molecule has 0 atom stereocenters. The van der Waals surface area contributed by atoms with E-state index in [-0.39, 0.29) is 24.4 Å². The minimum Gasteiger partial charge on any atom is -0.406 e. The first-order valence-electron chi connectivity index (χ1n) is 14.2. The third-order valence-corrected chi connectivity index (χ3v) is 7.93. The average Bonchev–Trinajstić information content (AvgIpc) is 3.29. The molecule has 3 heterocycles. The fourth-order valence-corrected chi connectivity index (χ4v) is 5.75. The van der Waals surface area contributed by atoms with Gasteiger partial charge in [0.25, 0.3) is 0 Å². The van der Waals surface area contributed by atoms with Crippen LogP contribution in [0, 0.1) is 0 Å². The van der Waals surface area contributed by atoms with Crippen molar-refractivity contribution in [1.82, 2.24) is 15.2 Å². The zero-order valence-corrected chi connectivity index (χ0v) is 24.3. The van der Waals surface area contributed by atoms with Crippen molar-refractivity contribution >= 4 is 17.8 Å². The summed E-state index contributed by atoms with van der Waals surface area (Å²) in [7, 11) is 0. The molecular formula is C31H27F9N4O3. The molecule has 2 aliphatic heterocycles. The van der Waals surface area contributed by atoms with E-state index in [1.165, 1.54) is 47.4 Å². The van der Waals surface area contributed by atoms with E-state index in [4.69, 9.17) is 0 Å². The highest BCUT2D eigenvalue weighted by Gasteiger charge is 2.47. The van der Waals surface area contributed by atoms with Gasteiger partial charge in [0.2, 0.25) is 0 Å². The van der Waals surface area contributed by atoms with Crippen LogP contribution in [-0.2, 0) is 18.1 Å². The molecule has 0 bridgehead atoms. The van der Waals surface area contributed by atoms with Crippen molar-refractivity contribution in [3.63, 3.8) is 0 Å². The van der Waals surface area contributed by atoms with Crippen LogP contribution < -0.4 is 19.7 Å². The molecule has 2 aromatic carbocycles. The smallest absolute Gasteiger partial charge is 0.406 e. The third-order valence-electron chi connectivity index (χ3n) is 7.93. The minimum atomic E-state index is -4.93. The Morgan fingerprint density at radius 1 is 0.872 bits per heavy atom. The lowest BCUT2D eigenvalue weighted by Crippen LogP contribution is -2.47. The molecular weight excluding hydrogens is 647 g/mol. The first-order valence-corrected chi connectivity index (χ1v) is 14.2. The SMILES string of the molecule is O=C(NCc1ccnc(C(F)(F)F)c1)N1CC2(CCN(C/C=C/c3ccc(OC(F)(F)F)cc3)CC2)c2cc(OC(F)(F)F)ccc21. The normalized spacial score (nSPS) is 16.8. The van der Waals surface area contributed by atoms with Gasteiger partial charge in [-0.1, -0.05) is 24.3 Å². The second-order valence-corrected chi connectivity index (χ2v) is 11.1. The van der Waals surface area contributed by atoms with Crippen LogP contribution in [0.3, 0.4) is 0 Å². The molecule has 2 aliphatic rings. The Kier molecular flexibility index (Phi) is 9.35. The fraction of sp³-hybridized carbons (Fsp3) is 0.355. The van der Waals surface area contributed by atoms with Gasteiger partial charge in [0.15, 0.2) is 0 Å². The van der Waals surface area contributed by atoms with Crippen molar-refractivity contribution in [1.29, 1.82) is 0 Å². The van der Waals surface area contributed by atoms with E-state index >= 15 is 0 Å². The van der Waals surface area contributed by atoms with Crippen molar-refractivity contribution in [2.45, 2.75) is 43.7 Å². The number of alkyl halides is 9. The zero-order chi connectivity index (χ0) is 34.0. The number of likely N-dealkylation sites (tertiary alicyclic amines) is 1. The number of fused-ring (bicyclic) bond motifs is 2. The number of ether oxygens (including phenoxy) is 2. The van der Waals surface area contributed by atoms with Crippen LogP contribution in [0.15, 0.2) is 66.9 Å². The average molecular weight is 675 g/mol. The molecule has 1 fully saturated rings. The highest BCUT2D eigenvalue weighted by molar-refractivity contribution is 5.95. The van der Waals surface area contributed by atoms with Crippen molar-refractivity contribution in [3.8, 4) is 11.5 Å². The van der Waals surface area contributed by atoms with Gasteiger partial charge in [-0.15, -0.1) is 26.3 Å². The van der Waals surface area contributed by atoms with Gasteiger partial charge in [-0.2, -0.15) is 13.2 Å². The van der Waals surface area contributed by atoms with E-state index in [9.17, 15) is 44.3 Å². The molecule has 1 spiro atoms. The lowest BCUT2D eigenvalue weighted by Gasteiger charge is -2.39. The maximum absolute atomic E-state index is 13.3. The number of amides is 2. The summed E-state index contributed by atoms with van der Waals surface area (Å²) in [5.74, 6) is -0.779. The first-order chi connectivity index (χ1) is 22.0. The van der Waals surface area contributed by atoms with Gasteiger partial charge < -0.3 is 14.8 Å². The lowest BCUT2D eigenvalue weighted by atomic mass is 9.74. The van der Waals surface area contributed by atoms with E-state index in [0.717, 1.165) is 18.3 Å². The van der Waals surface area contributed by atoms with Gasteiger partial charge in [-0.05, 0) is 85.1 Å². The molecule has 0 radical (unpaired) electrons. The number of aromatic nitrogens is 1. The third kappa shape index (κ3) is 8.67. The number of anilines is 1. The Balaban J connectivity index is 1.26. The predicted molar refractivity (Wildman–Crippen MR) is 151 cm³/mol. The Morgan fingerprint density at radius 3 is 2.15 bits per heavy atom. The summed E-state index contributed by atoms with van der Waals surface area (Å²) in [6.07, 6.45) is -8.90. The minimum absolute atomic E-state index is 0.129. The Morgan fingerprint density at radius 2 is 1.51 bits per heavy atom. The summed E-state index contributed by atoms with van der Waals surface area (Å²) < 4.78 is 123. The molecule has 0 aliphatic carbocycles. The number of hydrogen-bond acceptors (Lipinski definition) is 5. The molecule has 2 amide bonds. The number of hydrogen-bond donors (Lipinski definition) is 1. The van der Waals surface area contributed by atoms with Gasteiger partial charge in [-0.25, -0.2) is 4.79 Å². The summed E-state index contributed by atoms with van der Waals surface area (Å²) in [5, 5.41) is 2.60. The van der Waals surface area contributed by atoms with Crippen LogP contribution in [-0.4, -0.2) is 54.8 Å². The first kappa shape index (κ1) is 33.9. The summed E-state index contributed by atoms with van der Waals surface area (Å²) >= 11 is 0. The highest BCUT2D eigenvalue weighted by atomic mass is 19.4. The monoisotopic (exact) mass is 674 g/mol. The number of nitrogens with zero attached hydrogens (tertiary/aromatic N) is 3. The van der Waals surface area contributed by atoms with Crippen molar-refractivity contribution < 1.29 is 53.8 Å². The maximum Gasteiger partial charge on any atom is 0.573 e. The molecule has 16 heteroatoms. The number of urea groups is 1. The van der Waals surface area contributed by atoms with Crippen LogP contribution >= 0.6 is 0 Å². The van der Waals surface area contributed by atoms with Gasteiger partial charge in [-0.3, -0.25) is 14.8 Å². The van der Waals surface area contributed by atoms with E-state index in [1.807, 2.05) is 6.08 Å². The van der Waals surface area contributed by atoms with Gasteiger partial charge in [0.05, 0.1) is 0 Å². The van der Waals surface area contributed by atoms with E-state index in [0.29, 0.717) is 49.3 Å². The summed E-state index contributed by atoms with van der Waals surface area (Å²) in [6, 6.07) is 10.6. The van der Waals surface area contributed by atoms with Gasteiger partial charge in [0, 0.05) is 36.9 Å². The fourth-order valence-electron chi connectivity index (χ4n) is 5.75. The molecule has 1 aromatic heterocycles. The molecule has 1 saturated heterocycles. The number of pyridine rings is 1. The quantitative estimate of drug-likeness (QED) is 0.261. The molecule has 252 valence electrons. The Bertz CT molecular complexity index is 1600. The number of carbonyl (C=O) groups is 1. The van der Waals surface area contributed by atoms with Crippen LogP contribution in [0.5, 0.6) is 11.5 Å². The number of carbonyl (C=O) groups excluding carboxylic acids is 1. The zero-order valence-electron chi connectivity index (χ0n) is 24.3. The van der Waals surface area contributed by atoms with Crippen molar-refractivity contribution in [2.75, 3.05) is 31.1 Å². The van der Waals surface area contributed by atoms with Gasteiger partial charge in [0.1, 0.15) is 17.2 Å². The standard InChI is InChI=1S/C31H27F9N4O3/c32-29(33,34)26-16-21(9-12-41-26)18-42-27(45)44-19-28(24-17-23(7-8-25(24)44)47-31(38,39)40)10-14-43(15-11-28)13-1-2-20-3-5-22(6-4-20)46-30(35,36)37/h1-9,12,16-17H,10-11,13-15,18-19H2,(H,42,45)/b2-1+. The van der Waals surface area contributed by atoms with Crippen LogP contribution in [0.1, 0.15) is 35.2 Å². The topological polar surface area (TPSA) is 66.9 Å². The number of rotatable bonds is 7. The second kappa shape index (κ2) is 13.0. The molecule has 0 saturated carbocycles. The van der Waals surface area contributed by atoms with Crippen LogP contribution in [0.2, 0.25) is 0 Å². The summed E-state index contributed by atoms with van der Waals surface area (Å²) in [4.78, 5) is 20.1. The second-order valence-electron chi connectivity index (χ2n) is 11.1. The Hall–Kier alpha value is -4.47. The highest BCUT2D eigenvalue weighted by Crippen LogP contribution is 2.48. The summed E-state index contributed by atoms with van der Waals surface area (Å²) in [6.45, 7) is 1.40. The number of benzene rings is 2. The van der Waals surface area contributed by atoms with Crippen molar-refractivity contribution in [3.05, 3.63) is 89.3 Å². The molecule has 3 aromatic rings. The van der Waals surface area contributed by atoms with E-state index in [1.54, 1.807) is 6.08 Å². The Labute approximate surface area is 262 Å². The molecule has 0 unspecified atom stereocenters. The largest absolute Gasteiger partial charge is 0.573 e. The molecule has 1 N–H and O–H groups in total. The molecule has 7 nitrogen and oxygen atoms in total. The summed E-state index contributed by atoms with van der Waals surface area (Å²) in [5.41, 5.74) is -0.148.